The smallest absolute Gasteiger partial charge is 0.222 e. The van der Waals surface area contributed by atoms with E-state index < -0.39 is 0 Å². The second-order valence-corrected chi connectivity index (χ2v) is 4.83. The van der Waals surface area contributed by atoms with Crippen LogP contribution in [0.3, 0.4) is 0 Å². The third-order valence-electron chi connectivity index (χ3n) is 3.41. The van der Waals surface area contributed by atoms with E-state index in [1.165, 1.54) is 11.3 Å². The summed E-state index contributed by atoms with van der Waals surface area (Å²) in [6, 6.07) is 8.42. The number of nitrogens with one attached hydrogen (secondary N) is 1. The van der Waals surface area contributed by atoms with Crippen LogP contribution >= 0.6 is 0 Å². The second-order valence-electron chi connectivity index (χ2n) is 4.83. The highest BCUT2D eigenvalue weighted by atomic mass is 16.2. The number of hydrogen-bond donors (Lipinski definition) is 1. The Morgan fingerprint density at radius 2 is 2.18 bits per heavy atom. The van der Waals surface area contributed by atoms with E-state index in [0.717, 1.165) is 19.4 Å². The van der Waals surface area contributed by atoms with Gasteiger partial charge in [-0.15, -0.1) is 0 Å². The molecule has 0 saturated carbocycles. The van der Waals surface area contributed by atoms with Gasteiger partial charge in [0.1, 0.15) is 0 Å². The maximum Gasteiger partial charge on any atom is 0.222 e. The molecule has 3 nitrogen and oxygen atoms in total. The number of benzene rings is 1. The van der Waals surface area contributed by atoms with Crippen molar-refractivity contribution in [2.45, 2.75) is 25.2 Å². The molecule has 2 rings (SSSR count). The van der Waals surface area contributed by atoms with E-state index in [-0.39, 0.29) is 5.91 Å². The Morgan fingerprint density at radius 3 is 2.94 bits per heavy atom. The van der Waals surface area contributed by atoms with Gasteiger partial charge in [-0.1, -0.05) is 18.2 Å². The van der Waals surface area contributed by atoms with Gasteiger partial charge in [0.2, 0.25) is 5.91 Å². The van der Waals surface area contributed by atoms with Crippen molar-refractivity contribution in [3.8, 4) is 0 Å². The van der Waals surface area contributed by atoms with Crippen LogP contribution < -0.4 is 5.32 Å². The molecule has 1 N–H and O–H groups in total. The number of fused-ring (bicyclic) bond motifs is 1. The van der Waals surface area contributed by atoms with Crippen molar-refractivity contribution in [2.24, 2.45) is 0 Å². The lowest BCUT2D eigenvalue weighted by atomic mass is 9.87. The van der Waals surface area contributed by atoms with Crippen LogP contribution in [0.2, 0.25) is 0 Å². The van der Waals surface area contributed by atoms with Crippen molar-refractivity contribution in [3.05, 3.63) is 29.8 Å². The fourth-order valence-corrected chi connectivity index (χ4v) is 2.37. The first-order valence-electron chi connectivity index (χ1n) is 6.21. The van der Waals surface area contributed by atoms with E-state index in [0.29, 0.717) is 12.3 Å². The minimum absolute atomic E-state index is 0.223. The number of nitrogens with zero attached hydrogens (tertiary/aromatic N) is 1. The molecule has 0 saturated heterocycles. The third kappa shape index (κ3) is 2.78. The van der Waals surface area contributed by atoms with Gasteiger partial charge >= 0.3 is 0 Å². The lowest BCUT2D eigenvalue weighted by Gasteiger charge is -2.26. The van der Waals surface area contributed by atoms with Gasteiger partial charge in [0.05, 0.1) is 0 Å². The summed E-state index contributed by atoms with van der Waals surface area (Å²) in [7, 11) is 3.64. The molecule has 0 aliphatic carbocycles. The Hall–Kier alpha value is -1.51. The lowest BCUT2D eigenvalue weighted by Crippen LogP contribution is -2.23. The van der Waals surface area contributed by atoms with Crippen molar-refractivity contribution >= 4 is 11.6 Å². The number of carbonyl (C=O) groups excluding carboxylic acids is 1. The molecular weight excluding hydrogens is 212 g/mol. The van der Waals surface area contributed by atoms with Crippen LogP contribution in [0.1, 0.15) is 30.7 Å². The summed E-state index contributed by atoms with van der Waals surface area (Å²) in [4.78, 5) is 13.3. The first kappa shape index (κ1) is 12.0. The van der Waals surface area contributed by atoms with Gasteiger partial charge in [-0.25, -0.2) is 0 Å². The van der Waals surface area contributed by atoms with Gasteiger partial charge in [0.25, 0.3) is 0 Å². The quantitative estimate of drug-likeness (QED) is 0.868. The monoisotopic (exact) mass is 232 g/mol. The molecule has 1 atom stereocenters. The van der Waals surface area contributed by atoms with Crippen molar-refractivity contribution in [2.75, 3.05) is 26.0 Å². The van der Waals surface area contributed by atoms with E-state index in [2.05, 4.69) is 29.6 Å². The number of carbonyl (C=O) groups is 1. The molecule has 0 radical (unpaired) electrons. The van der Waals surface area contributed by atoms with Crippen molar-refractivity contribution in [1.29, 1.82) is 0 Å². The average molecular weight is 232 g/mol. The molecule has 1 heterocycles. The van der Waals surface area contributed by atoms with Crippen LogP contribution in [0.25, 0.3) is 0 Å². The second kappa shape index (κ2) is 5.21. The van der Waals surface area contributed by atoms with Crippen LogP contribution in [0, 0.1) is 0 Å². The summed E-state index contributed by atoms with van der Waals surface area (Å²) in [6.45, 7) is 1.01. The van der Waals surface area contributed by atoms with E-state index in [1.807, 2.05) is 14.1 Å². The minimum Gasteiger partial charge on any atom is -0.385 e. The largest absolute Gasteiger partial charge is 0.385 e. The van der Waals surface area contributed by atoms with Crippen molar-refractivity contribution in [3.63, 3.8) is 0 Å². The minimum atomic E-state index is 0.223. The summed E-state index contributed by atoms with van der Waals surface area (Å²) >= 11 is 0. The zero-order valence-electron chi connectivity index (χ0n) is 10.6. The fourth-order valence-electron chi connectivity index (χ4n) is 2.37. The van der Waals surface area contributed by atoms with Gasteiger partial charge in [0.15, 0.2) is 0 Å². The summed E-state index contributed by atoms with van der Waals surface area (Å²) < 4.78 is 0. The van der Waals surface area contributed by atoms with Crippen LogP contribution in [0.5, 0.6) is 0 Å². The van der Waals surface area contributed by atoms with E-state index >= 15 is 0 Å². The number of hydrogen-bond acceptors (Lipinski definition) is 2. The zero-order valence-corrected chi connectivity index (χ0v) is 10.6. The first-order chi connectivity index (χ1) is 8.18. The zero-order chi connectivity index (χ0) is 12.3. The predicted octanol–water partition coefficient (Wildman–Crippen LogP) is 2.45. The Kier molecular flexibility index (Phi) is 3.67. The van der Waals surface area contributed by atoms with Gasteiger partial charge in [-0.05, 0) is 30.4 Å². The van der Waals surface area contributed by atoms with E-state index in [4.69, 9.17) is 0 Å². The first-order valence-corrected chi connectivity index (χ1v) is 6.21. The molecule has 17 heavy (non-hydrogen) atoms. The topological polar surface area (TPSA) is 32.3 Å². The molecule has 0 unspecified atom stereocenters. The fraction of sp³-hybridized carbons (Fsp3) is 0.500. The standard InChI is InChI=1S/C14H20N2O/c1-16(2)14(17)8-7-11-9-10-15-13-6-4-3-5-12(11)13/h3-6,11,15H,7-10H2,1-2H3/t11-/m0/s1. The number of para-hydroxylation sites is 1. The highest BCUT2D eigenvalue weighted by Gasteiger charge is 2.20. The molecule has 0 bridgehead atoms. The van der Waals surface area contributed by atoms with Gasteiger partial charge in [-0.3, -0.25) is 4.79 Å². The van der Waals surface area contributed by atoms with Crippen LogP contribution in [-0.2, 0) is 4.79 Å². The normalized spacial score (nSPS) is 18.1. The molecule has 1 aliphatic heterocycles. The molecule has 1 amide bonds. The molecule has 0 spiro atoms. The summed E-state index contributed by atoms with van der Waals surface area (Å²) in [5.41, 5.74) is 2.60. The Morgan fingerprint density at radius 1 is 1.41 bits per heavy atom. The Balaban J connectivity index is 2.01. The maximum absolute atomic E-state index is 11.6. The highest BCUT2D eigenvalue weighted by Crippen LogP contribution is 2.34. The summed E-state index contributed by atoms with van der Waals surface area (Å²) in [6.07, 6.45) is 2.72. The van der Waals surface area contributed by atoms with Gasteiger partial charge in [0, 0.05) is 32.7 Å². The van der Waals surface area contributed by atoms with Crippen LogP contribution in [0.15, 0.2) is 24.3 Å². The summed E-state index contributed by atoms with van der Waals surface area (Å²) in [5.74, 6) is 0.748. The molecular formula is C14H20N2O. The maximum atomic E-state index is 11.6. The van der Waals surface area contributed by atoms with E-state index in [9.17, 15) is 4.79 Å². The molecule has 0 fully saturated rings. The van der Waals surface area contributed by atoms with Crippen LogP contribution in [-0.4, -0.2) is 31.4 Å². The van der Waals surface area contributed by atoms with Crippen molar-refractivity contribution in [1.82, 2.24) is 4.90 Å². The highest BCUT2D eigenvalue weighted by molar-refractivity contribution is 5.75. The van der Waals surface area contributed by atoms with Gasteiger partial charge in [-0.2, -0.15) is 0 Å². The molecule has 0 aromatic heterocycles. The molecule has 92 valence electrons. The average Bonchev–Trinajstić information content (AvgIpc) is 2.35. The lowest BCUT2D eigenvalue weighted by molar-refractivity contribution is -0.128. The molecule has 1 aromatic carbocycles. The number of amides is 1. The number of anilines is 1. The Bertz CT molecular complexity index is 401. The SMILES string of the molecule is CN(C)C(=O)CC[C@H]1CCNc2ccccc21. The Labute approximate surface area is 103 Å². The summed E-state index contributed by atoms with van der Waals surface area (Å²) in [5, 5.41) is 3.41. The van der Waals surface area contributed by atoms with E-state index in [1.54, 1.807) is 4.90 Å². The third-order valence-corrected chi connectivity index (χ3v) is 3.41. The number of rotatable bonds is 3. The van der Waals surface area contributed by atoms with Crippen molar-refractivity contribution < 1.29 is 4.79 Å². The predicted molar refractivity (Wildman–Crippen MR) is 70.2 cm³/mol. The molecule has 1 aliphatic rings. The molecule has 3 heteroatoms. The van der Waals surface area contributed by atoms with Crippen LogP contribution in [0.4, 0.5) is 5.69 Å². The molecule has 1 aromatic rings. The van der Waals surface area contributed by atoms with Gasteiger partial charge < -0.3 is 10.2 Å².